The summed E-state index contributed by atoms with van der Waals surface area (Å²) in [4.78, 5) is 13.7. The van der Waals surface area contributed by atoms with Gasteiger partial charge in [0.2, 0.25) is 0 Å². The van der Waals surface area contributed by atoms with Crippen LogP contribution in [0.2, 0.25) is 0 Å². The van der Waals surface area contributed by atoms with E-state index in [2.05, 4.69) is 15.9 Å². The summed E-state index contributed by atoms with van der Waals surface area (Å²) in [7, 11) is 0. The Labute approximate surface area is 114 Å². The highest BCUT2D eigenvalue weighted by Crippen LogP contribution is 2.31. The summed E-state index contributed by atoms with van der Waals surface area (Å²) in [6, 6.07) is 3.97. The van der Waals surface area contributed by atoms with Gasteiger partial charge in [0.05, 0.1) is 18.7 Å². The molecule has 0 unspecified atom stereocenters. The first-order chi connectivity index (χ1) is 8.33. The molecule has 1 aromatic rings. The van der Waals surface area contributed by atoms with Crippen LogP contribution in [0.15, 0.2) is 22.7 Å². The summed E-state index contributed by atoms with van der Waals surface area (Å²) in [5, 5.41) is 10.1. The fraction of sp³-hybridized carbons (Fsp3) is 0.462. The predicted molar refractivity (Wildman–Crippen MR) is 69.8 cm³/mol. The zero-order valence-corrected chi connectivity index (χ0v) is 11.9. The highest BCUT2D eigenvalue weighted by molar-refractivity contribution is 9.10. The number of carbonyl (C=O) groups excluding carboxylic acids is 1. The van der Waals surface area contributed by atoms with Gasteiger partial charge in [0.15, 0.2) is 0 Å². The minimum atomic E-state index is -0.790. The van der Waals surface area contributed by atoms with E-state index in [-0.39, 0.29) is 17.6 Å². The summed E-state index contributed by atoms with van der Waals surface area (Å²) in [5.41, 5.74) is -0.371. The molecule has 1 N–H and O–H groups in total. The van der Waals surface area contributed by atoms with Crippen molar-refractivity contribution in [2.45, 2.75) is 19.4 Å². The number of aliphatic hydroxyl groups is 1. The number of carbonyl (C=O) groups is 1. The third-order valence-electron chi connectivity index (χ3n) is 3.45. The quantitative estimate of drug-likeness (QED) is 0.910. The van der Waals surface area contributed by atoms with Crippen LogP contribution in [0, 0.1) is 11.7 Å². The van der Waals surface area contributed by atoms with Gasteiger partial charge >= 0.3 is 0 Å². The molecule has 1 aromatic carbocycles. The maximum Gasteiger partial charge on any atom is 0.255 e. The Balaban J connectivity index is 2.11. The lowest BCUT2D eigenvalue weighted by Crippen LogP contribution is -2.66. The Morgan fingerprint density at radius 2 is 2.11 bits per heavy atom. The summed E-state index contributed by atoms with van der Waals surface area (Å²) >= 11 is 3.18. The molecule has 3 nitrogen and oxygen atoms in total. The number of halogens is 2. The van der Waals surface area contributed by atoms with Crippen molar-refractivity contribution in [3.63, 3.8) is 0 Å². The van der Waals surface area contributed by atoms with Crippen LogP contribution in [0.1, 0.15) is 24.2 Å². The van der Waals surface area contributed by atoms with Crippen LogP contribution in [0.3, 0.4) is 0 Å². The van der Waals surface area contributed by atoms with E-state index in [1.807, 2.05) is 13.8 Å². The second kappa shape index (κ2) is 4.63. The van der Waals surface area contributed by atoms with Crippen molar-refractivity contribution in [2.75, 3.05) is 13.1 Å². The average molecular weight is 316 g/mol. The minimum Gasteiger partial charge on any atom is -0.386 e. The minimum absolute atomic E-state index is 0.109. The van der Waals surface area contributed by atoms with Crippen LogP contribution in [0.25, 0.3) is 0 Å². The standard InChI is InChI=1S/C13H15BrFNO2/c1-8(2)13(18)6-16(7-13)12(17)10-4-3-9(15)5-11(10)14/h3-5,8,18H,6-7H2,1-2H3. The van der Waals surface area contributed by atoms with E-state index in [0.29, 0.717) is 23.1 Å². The van der Waals surface area contributed by atoms with Gasteiger partial charge in [0, 0.05) is 4.47 Å². The lowest BCUT2D eigenvalue weighted by Gasteiger charge is -2.49. The number of β-amino-alcohol motifs (C(OH)–C–C–N with tert-alkyl or cyclic N) is 1. The second-order valence-corrected chi connectivity index (χ2v) is 5.90. The van der Waals surface area contributed by atoms with Crippen LogP contribution in [0.4, 0.5) is 4.39 Å². The van der Waals surface area contributed by atoms with Crippen LogP contribution in [0.5, 0.6) is 0 Å². The Bertz CT molecular complexity index is 484. The van der Waals surface area contributed by atoms with Gasteiger partial charge in [0.25, 0.3) is 5.91 Å². The van der Waals surface area contributed by atoms with E-state index < -0.39 is 5.60 Å². The van der Waals surface area contributed by atoms with Crippen molar-refractivity contribution < 1.29 is 14.3 Å². The molecule has 0 radical (unpaired) electrons. The van der Waals surface area contributed by atoms with Crippen molar-refractivity contribution in [2.24, 2.45) is 5.92 Å². The van der Waals surface area contributed by atoms with Gasteiger partial charge < -0.3 is 10.0 Å². The van der Waals surface area contributed by atoms with Crippen LogP contribution >= 0.6 is 15.9 Å². The third-order valence-corrected chi connectivity index (χ3v) is 4.11. The number of benzene rings is 1. The zero-order valence-electron chi connectivity index (χ0n) is 10.3. The van der Waals surface area contributed by atoms with Crippen molar-refractivity contribution >= 4 is 21.8 Å². The average Bonchev–Trinajstić information content (AvgIpc) is 2.23. The summed E-state index contributed by atoms with van der Waals surface area (Å²) < 4.78 is 13.4. The van der Waals surface area contributed by atoms with Gasteiger partial charge in [-0.2, -0.15) is 0 Å². The third kappa shape index (κ3) is 2.29. The topological polar surface area (TPSA) is 40.5 Å². The SMILES string of the molecule is CC(C)C1(O)CN(C(=O)c2ccc(F)cc2Br)C1. The molecular formula is C13H15BrFNO2. The van der Waals surface area contributed by atoms with Crippen molar-refractivity contribution in [3.05, 3.63) is 34.1 Å². The molecule has 18 heavy (non-hydrogen) atoms. The van der Waals surface area contributed by atoms with E-state index in [0.717, 1.165) is 0 Å². The molecule has 1 aliphatic heterocycles. The largest absolute Gasteiger partial charge is 0.386 e. The molecule has 0 aliphatic carbocycles. The van der Waals surface area contributed by atoms with Crippen molar-refractivity contribution in [3.8, 4) is 0 Å². The van der Waals surface area contributed by atoms with Gasteiger partial charge in [-0.05, 0) is 40.0 Å². The number of rotatable bonds is 2. The van der Waals surface area contributed by atoms with Crippen LogP contribution < -0.4 is 0 Å². The highest BCUT2D eigenvalue weighted by atomic mass is 79.9. The number of hydrogen-bond acceptors (Lipinski definition) is 2. The maximum absolute atomic E-state index is 12.9. The summed E-state index contributed by atoms with van der Waals surface area (Å²) in [6.45, 7) is 4.51. The molecule has 5 heteroatoms. The van der Waals surface area contributed by atoms with Gasteiger partial charge in [-0.15, -0.1) is 0 Å². The van der Waals surface area contributed by atoms with Crippen LogP contribution in [-0.4, -0.2) is 34.6 Å². The number of likely N-dealkylation sites (tertiary alicyclic amines) is 1. The molecule has 0 spiro atoms. The molecule has 2 rings (SSSR count). The molecule has 1 aliphatic rings. The molecule has 1 saturated heterocycles. The first-order valence-electron chi connectivity index (χ1n) is 5.80. The Morgan fingerprint density at radius 1 is 1.50 bits per heavy atom. The van der Waals surface area contributed by atoms with Crippen molar-refractivity contribution in [1.29, 1.82) is 0 Å². The lowest BCUT2D eigenvalue weighted by molar-refractivity contribution is -0.110. The highest BCUT2D eigenvalue weighted by Gasteiger charge is 2.46. The molecule has 0 aromatic heterocycles. The molecule has 1 heterocycles. The van der Waals surface area contributed by atoms with Gasteiger partial charge in [0.1, 0.15) is 11.4 Å². The van der Waals surface area contributed by atoms with E-state index in [9.17, 15) is 14.3 Å². The monoisotopic (exact) mass is 315 g/mol. The van der Waals surface area contributed by atoms with Gasteiger partial charge in [-0.3, -0.25) is 4.79 Å². The number of nitrogens with zero attached hydrogens (tertiary/aromatic N) is 1. The Kier molecular flexibility index (Phi) is 3.47. The first-order valence-corrected chi connectivity index (χ1v) is 6.59. The smallest absolute Gasteiger partial charge is 0.255 e. The van der Waals surface area contributed by atoms with E-state index in [1.54, 1.807) is 4.90 Å². The molecule has 0 bridgehead atoms. The molecule has 1 amide bonds. The summed E-state index contributed by atoms with van der Waals surface area (Å²) in [5.74, 6) is -0.467. The lowest BCUT2D eigenvalue weighted by atomic mass is 9.82. The fourth-order valence-corrected chi connectivity index (χ4v) is 2.48. The van der Waals surface area contributed by atoms with E-state index in [1.165, 1.54) is 18.2 Å². The normalized spacial score (nSPS) is 17.8. The van der Waals surface area contributed by atoms with Gasteiger partial charge in [-0.25, -0.2) is 4.39 Å². The molecule has 1 fully saturated rings. The number of hydrogen-bond donors (Lipinski definition) is 1. The first kappa shape index (κ1) is 13.5. The predicted octanol–water partition coefficient (Wildman–Crippen LogP) is 2.43. The zero-order chi connectivity index (χ0) is 13.5. The fourth-order valence-electron chi connectivity index (χ4n) is 1.96. The Hall–Kier alpha value is -0.940. The number of amides is 1. The maximum atomic E-state index is 12.9. The molecule has 98 valence electrons. The molecule has 0 atom stereocenters. The van der Waals surface area contributed by atoms with Gasteiger partial charge in [-0.1, -0.05) is 13.8 Å². The Morgan fingerprint density at radius 3 is 2.61 bits per heavy atom. The molecular weight excluding hydrogens is 301 g/mol. The van der Waals surface area contributed by atoms with Crippen LogP contribution in [-0.2, 0) is 0 Å². The second-order valence-electron chi connectivity index (χ2n) is 5.04. The molecule has 0 saturated carbocycles. The van der Waals surface area contributed by atoms with Crippen molar-refractivity contribution in [1.82, 2.24) is 4.90 Å². The summed E-state index contributed by atoms with van der Waals surface area (Å²) in [6.07, 6.45) is 0. The van der Waals surface area contributed by atoms with E-state index in [4.69, 9.17) is 0 Å². The van der Waals surface area contributed by atoms with E-state index >= 15 is 0 Å².